The second-order valence-corrected chi connectivity index (χ2v) is 9.21. The predicted molar refractivity (Wildman–Crippen MR) is 124 cm³/mol. The number of phenols is 3. The second kappa shape index (κ2) is 6.89. The van der Waals surface area contributed by atoms with E-state index in [9.17, 15) is 15.3 Å². The largest absolute Gasteiger partial charge is 0.508 e. The molecule has 0 saturated carbocycles. The minimum absolute atomic E-state index is 0.165. The van der Waals surface area contributed by atoms with Gasteiger partial charge in [0.1, 0.15) is 5.75 Å². The van der Waals surface area contributed by atoms with Crippen molar-refractivity contribution in [3.05, 3.63) is 110 Å². The number of hydrogen-bond acceptors (Lipinski definition) is 3. The number of benzene rings is 4. The van der Waals surface area contributed by atoms with Gasteiger partial charge in [0, 0.05) is 8.95 Å². The van der Waals surface area contributed by atoms with E-state index < -0.39 is 5.41 Å². The molecule has 0 atom stereocenters. The van der Waals surface area contributed by atoms with Gasteiger partial charge in [0.05, 0.1) is 5.41 Å². The van der Waals surface area contributed by atoms with Crippen LogP contribution in [0.1, 0.15) is 22.3 Å². The highest BCUT2D eigenvalue weighted by atomic mass is 79.9. The van der Waals surface area contributed by atoms with E-state index in [4.69, 9.17) is 0 Å². The van der Waals surface area contributed by atoms with Crippen molar-refractivity contribution >= 4 is 31.9 Å². The van der Waals surface area contributed by atoms with E-state index in [0.29, 0.717) is 0 Å². The van der Waals surface area contributed by atoms with Crippen LogP contribution in [0.5, 0.6) is 17.2 Å². The normalized spacial score (nSPS) is 13.7. The Balaban J connectivity index is 1.98. The number of halogens is 2. The van der Waals surface area contributed by atoms with E-state index in [2.05, 4.69) is 56.1 Å². The van der Waals surface area contributed by atoms with Crippen molar-refractivity contribution in [2.75, 3.05) is 0 Å². The van der Waals surface area contributed by atoms with Gasteiger partial charge >= 0.3 is 0 Å². The predicted octanol–water partition coefficient (Wildman–Crippen LogP) is 6.69. The van der Waals surface area contributed by atoms with Crippen molar-refractivity contribution in [2.45, 2.75) is 5.41 Å². The molecule has 0 fully saturated rings. The molecule has 148 valence electrons. The molecule has 0 aliphatic heterocycles. The van der Waals surface area contributed by atoms with Crippen molar-refractivity contribution in [3.8, 4) is 28.4 Å². The Morgan fingerprint density at radius 2 is 1.07 bits per heavy atom. The number of rotatable bonds is 2. The fourth-order valence-electron chi connectivity index (χ4n) is 4.53. The van der Waals surface area contributed by atoms with Gasteiger partial charge < -0.3 is 15.3 Å². The maximum atomic E-state index is 10.4. The smallest absolute Gasteiger partial charge is 0.157 e. The third kappa shape index (κ3) is 2.69. The molecule has 4 aromatic carbocycles. The van der Waals surface area contributed by atoms with Crippen molar-refractivity contribution < 1.29 is 15.3 Å². The molecule has 30 heavy (non-hydrogen) atoms. The van der Waals surface area contributed by atoms with Crippen molar-refractivity contribution in [1.82, 2.24) is 0 Å². The van der Waals surface area contributed by atoms with Crippen LogP contribution in [0.25, 0.3) is 11.1 Å². The number of hydrogen-bond donors (Lipinski definition) is 3. The lowest BCUT2D eigenvalue weighted by Crippen LogP contribution is -2.28. The van der Waals surface area contributed by atoms with Gasteiger partial charge in [-0.2, -0.15) is 0 Å². The van der Waals surface area contributed by atoms with Crippen molar-refractivity contribution in [3.63, 3.8) is 0 Å². The van der Waals surface area contributed by atoms with Crippen LogP contribution in [0.15, 0.2) is 87.8 Å². The van der Waals surface area contributed by atoms with Crippen LogP contribution < -0.4 is 0 Å². The average molecular weight is 524 g/mol. The summed E-state index contributed by atoms with van der Waals surface area (Å²) in [6, 6.07) is 24.5. The Morgan fingerprint density at radius 3 is 1.60 bits per heavy atom. The molecule has 0 aromatic heterocycles. The van der Waals surface area contributed by atoms with Crippen LogP contribution in [0, 0.1) is 0 Å². The third-order valence-electron chi connectivity index (χ3n) is 5.77. The molecule has 0 amide bonds. The van der Waals surface area contributed by atoms with Crippen LogP contribution in [-0.2, 0) is 5.41 Å². The van der Waals surface area contributed by atoms with E-state index in [-0.39, 0.29) is 17.2 Å². The van der Waals surface area contributed by atoms with Gasteiger partial charge in [-0.25, -0.2) is 0 Å². The van der Waals surface area contributed by atoms with Gasteiger partial charge in [0.25, 0.3) is 0 Å². The third-order valence-corrected chi connectivity index (χ3v) is 6.76. The number of fused-ring (bicyclic) bond motifs is 3. The van der Waals surface area contributed by atoms with Gasteiger partial charge in [-0.1, -0.05) is 62.2 Å². The summed E-state index contributed by atoms with van der Waals surface area (Å²) in [6.07, 6.45) is 0. The fourth-order valence-corrected chi connectivity index (χ4v) is 5.25. The minimum Gasteiger partial charge on any atom is -0.508 e. The van der Waals surface area contributed by atoms with Crippen LogP contribution in [0.2, 0.25) is 0 Å². The van der Waals surface area contributed by atoms with E-state index >= 15 is 0 Å². The molecule has 4 aromatic rings. The molecule has 1 aliphatic rings. The summed E-state index contributed by atoms with van der Waals surface area (Å²) >= 11 is 7.24. The maximum Gasteiger partial charge on any atom is 0.157 e. The Kier molecular flexibility index (Phi) is 4.42. The molecule has 3 N–H and O–H groups in total. The quantitative estimate of drug-likeness (QED) is 0.226. The molecular weight excluding hydrogens is 508 g/mol. The molecule has 3 nitrogen and oxygen atoms in total. The number of phenolic OH excluding ortho intramolecular Hbond substituents is 3. The Labute approximate surface area is 190 Å². The summed E-state index contributed by atoms with van der Waals surface area (Å²) < 4.78 is 1.89. The summed E-state index contributed by atoms with van der Waals surface area (Å²) in [5.74, 6) is -0.156. The van der Waals surface area contributed by atoms with Gasteiger partial charge in [0.15, 0.2) is 11.5 Å². The summed E-state index contributed by atoms with van der Waals surface area (Å²) in [6.45, 7) is 0. The topological polar surface area (TPSA) is 60.7 Å². The van der Waals surface area contributed by atoms with E-state index in [0.717, 1.165) is 42.3 Å². The lowest BCUT2D eigenvalue weighted by molar-refractivity contribution is 0.402. The summed E-state index contributed by atoms with van der Waals surface area (Å²) in [4.78, 5) is 0. The highest BCUT2D eigenvalue weighted by molar-refractivity contribution is 9.10. The molecule has 0 bridgehead atoms. The summed E-state index contributed by atoms with van der Waals surface area (Å²) in [5, 5.41) is 30.2. The van der Waals surface area contributed by atoms with Gasteiger partial charge in [0.2, 0.25) is 0 Å². The Bertz CT molecular complexity index is 1250. The molecule has 0 spiro atoms. The monoisotopic (exact) mass is 522 g/mol. The van der Waals surface area contributed by atoms with Crippen LogP contribution in [-0.4, -0.2) is 15.3 Å². The van der Waals surface area contributed by atoms with E-state index in [1.807, 2.05) is 30.3 Å². The zero-order valence-electron chi connectivity index (χ0n) is 15.6. The van der Waals surface area contributed by atoms with Crippen molar-refractivity contribution in [1.29, 1.82) is 0 Å². The van der Waals surface area contributed by atoms with E-state index in [1.54, 1.807) is 18.2 Å². The average Bonchev–Trinajstić information content (AvgIpc) is 3.00. The first kappa shape index (κ1) is 19.2. The summed E-state index contributed by atoms with van der Waals surface area (Å²) in [5.41, 5.74) is 5.34. The molecule has 1 aliphatic carbocycles. The van der Waals surface area contributed by atoms with Crippen LogP contribution in [0.4, 0.5) is 0 Å². The first-order valence-corrected chi connectivity index (χ1v) is 10.9. The molecular formula is C25H16Br2O3. The molecule has 0 unspecified atom stereocenters. The highest BCUT2D eigenvalue weighted by Crippen LogP contribution is 2.57. The Hall–Kier alpha value is -2.76. The van der Waals surface area contributed by atoms with Gasteiger partial charge in [-0.05, 0) is 81.9 Å². The Morgan fingerprint density at radius 1 is 0.533 bits per heavy atom. The lowest BCUT2D eigenvalue weighted by Gasteiger charge is -2.34. The number of aromatic hydroxyl groups is 3. The lowest BCUT2D eigenvalue weighted by atomic mass is 9.67. The molecule has 5 heteroatoms. The van der Waals surface area contributed by atoms with Crippen LogP contribution in [0.3, 0.4) is 0 Å². The zero-order valence-corrected chi connectivity index (χ0v) is 18.8. The first-order chi connectivity index (χ1) is 14.4. The highest BCUT2D eigenvalue weighted by Gasteiger charge is 2.46. The summed E-state index contributed by atoms with van der Waals surface area (Å²) in [7, 11) is 0. The molecule has 5 rings (SSSR count). The second-order valence-electron chi connectivity index (χ2n) is 7.38. The minimum atomic E-state index is -0.739. The standard InChI is InChI=1S/C25H16Br2O3/c26-16-4-8-19-20-9-5-17(27)13-22(20)25(21(19)12-16,14-1-6-18(28)7-2-14)15-3-10-23(29)24(30)11-15/h1-13,28-30H. The first-order valence-electron chi connectivity index (χ1n) is 9.33. The molecule has 0 heterocycles. The molecule has 0 radical (unpaired) electrons. The van der Waals surface area contributed by atoms with E-state index in [1.165, 1.54) is 6.07 Å². The fraction of sp³-hybridized carbons (Fsp3) is 0.0400. The molecule has 0 saturated heterocycles. The van der Waals surface area contributed by atoms with Crippen molar-refractivity contribution in [2.24, 2.45) is 0 Å². The van der Waals surface area contributed by atoms with Crippen LogP contribution >= 0.6 is 31.9 Å². The van der Waals surface area contributed by atoms with Gasteiger partial charge in [-0.15, -0.1) is 0 Å². The zero-order chi connectivity index (χ0) is 21.0. The van der Waals surface area contributed by atoms with Gasteiger partial charge in [-0.3, -0.25) is 0 Å². The maximum absolute atomic E-state index is 10.4. The SMILES string of the molecule is Oc1ccc(C2(c3ccc(O)c(O)c3)c3cc(Br)ccc3-c3ccc(Br)cc32)cc1.